The Morgan fingerprint density at radius 1 is 0.721 bits per heavy atom. The second-order valence-corrected chi connectivity index (χ2v) is 11.4. The van der Waals surface area contributed by atoms with Crippen LogP contribution in [0.25, 0.3) is 21.8 Å². The van der Waals surface area contributed by atoms with Gasteiger partial charge in [-0.3, -0.25) is 14.5 Å². The molecule has 3 heterocycles. The number of aromatic nitrogens is 2. The molecule has 0 radical (unpaired) electrons. The van der Waals surface area contributed by atoms with Crippen molar-refractivity contribution in [1.29, 1.82) is 0 Å². The summed E-state index contributed by atoms with van der Waals surface area (Å²) >= 11 is 0. The number of carbonyl (C=O) groups excluding carboxylic acids is 2. The van der Waals surface area contributed by atoms with E-state index in [0.29, 0.717) is 31.6 Å². The van der Waals surface area contributed by atoms with Crippen LogP contribution < -0.4 is 0 Å². The van der Waals surface area contributed by atoms with E-state index in [4.69, 9.17) is 0 Å². The fourth-order valence-electron chi connectivity index (χ4n) is 6.54. The maximum Gasteiger partial charge on any atom is 0.240 e. The Hall–Kier alpha value is -4.94. The standard InChI is InChI=1S/C37H34N4O2/c42-36(31-23-39-34-18-10-8-16-30(31)34)25-40-19-20-41(24-32(26-11-3-1-4-12-26)27-13-5-2-6-14-27)37(43)35(40)21-28-22-38-33-17-9-7-15-29(28)33/h1-18,22-23,32,35,38-39H,19-21,24-25H2/t35-/m0/s1. The molecular formula is C37H34N4O2. The van der Waals surface area contributed by atoms with Crippen LogP contribution in [0.15, 0.2) is 122 Å². The highest BCUT2D eigenvalue weighted by atomic mass is 16.2. The van der Waals surface area contributed by atoms with Gasteiger partial charge >= 0.3 is 0 Å². The number of benzene rings is 4. The van der Waals surface area contributed by atoms with E-state index in [1.54, 1.807) is 6.20 Å². The Bertz CT molecular complexity index is 1840. The summed E-state index contributed by atoms with van der Waals surface area (Å²) in [6.07, 6.45) is 4.33. The van der Waals surface area contributed by atoms with Crippen molar-refractivity contribution >= 4 is 33.5 Å². The van der Waals surface area contributed by atoms with Crippen LogP contribution in [-0.2, 0) is 11.2 Å². The third kappa shape index (κ3) is 5.38. The summed E-state index contributed by atoms with van der Waals surface area (Å²) in [6, 6.07) is 36.4. The first-order valence-electron chi connectivity index (χ1n) is 14.9. The Balaban J connectivity index is 1.19. The van der Waals surface area contributed by atoms with Crippen molar-refractivity contribution in [2.24, 2.45) is 0 Å². The lowest BCUT2D eigenvalue weighted by Crippen LogP contribution is -2.59. The quantitative estimate of drug-likeness (QED) is 0.199. The lowest BCUT2D eigenvalue weighted by molar-refractivity contribution is -0.141. The molecule has 6 heteroatoms. The maximum absolute atomic E-state index is 14.4. The van der Waals surface area contributed by atoms with Crippen LogP contribution >= 0.6 is 0 Å². The minimum Gasteiger partial charge on any atom is -0.361 e. The zero-order valence-electron chi connectivity index (χ0n) is 23.9. The fourth-order valence-corrected chi connectivity index (χ4v) is 6.54. The van der Waals surface area contributed by atoms with E-state index >= 15 is 0 Å². The van der Waals surface area contributed by atoms with Gasteiger partial charge < -0.3 is 14.9 Å². The van der Waals surface area contributed by atoms with Gasteiger partial charge in [-0.15, -0.1) is 0 Å². The van der Waals surface area contributed by atoms with Crippen LogP contribution in [0.1, 0.15) is 33.0 Å². The highest BCUT2D eigenvalue weighted by Gasteiger charge is 2.37. The van der Waals surface area contributed by atoms with Gasteiger partial charge in [0.15, 0.2) is 5.78 Å². The molecule has 0 aliphatic carbocycles. The molecule has 43 heavy (non-hydrogen) atoms. The van der Waals surface area contributed by atoms with E-state index in [2.05, 4.69) is 75.5 Å². The van der Waals surface area contributed by atoms with Crippen LogP contribution in [0, 0.1) is 0 Å². The molecule has 1 atom stereocenters. The number of hydrogen-bond acceptors (Lipinski definition) is 3. The van der Waals surface area contributed by atoms with Crippen molar-refractivity contribution < 1.29 is 9.59 Å². The molecule has 2 N–H and O–H groups in total. The molecule has 1 amide bonds. The van der Waals surface area contributed by atoms with Gasteiger partial charge in [0.05, 0.1) is 12.6 Å². The summed E-state index contributed by atoms with van der Waals surface area (Å²) in [5, 5.41) is 2.03. The van der Waals surface area contributed by atoms with Gasteiger partial charge in [0, 0.05) is 65.3 Å². The molecule has 0 saturated carbocycles. The first-order chi connectivity index (χ1) is 21.2. The van der Waals surface area contributed by atoms with Gasteiger partial charge in [0.25, 0.3) is 0 Å². The molecule has 0 spiro atoms. The topological polar surface area (TPSA) is 72.2 Å². The molecule has 4 aromatic carbocycles. The average molecular weight is 567 g/mol. The second kappa shape index (κ2) is 11.7. The number of hydrogen-bond donors (Lipinski definition) is 2. The molecule has 2 aromatic heterocycles. The normalized spacial score (nSPS) is 16.0. The lowest BCUT2D eigenvalue weighted by Gasteiger charge is -2.41. The van der Waals surface area contributed by atoms with Crippen molar-refractivity contribution in [3.63, 3.8) is 0 Å². The maximum atomic E-state index is 14.4. The number of nitrogens with zero attached hydrogens (tertiary/aromatic N) is 2. The Morgan fingerprint density at radius 2 is 1.30 bits per heavy atom. The van der Waals surface area contributed by atoms with Crippen LogP contribution in [0.2, 0.25) is 0 Å². The molecular weight excluding hydrogens is 532 g/mol. The first-order valence-corrected chi connectivity index (χ1v) is 14.9. The van der Waals surface area contributed by atoms with Crippen molar-refractivity contribution in [3.8, 4) is 0 Å². The van der Waals surface area contributed by atoms with Gasteiger partial charge in [0.2, 0.25) is 5.91 Å². The second-order valence-electron chi connectivity index (χ2n) is 11.4. The highest BCUT2D eigenvalue weighted by Crippen LogP contribution is 2.29. The minimum absolute atomic E-state index is 0.0223. The van der Waals surface area contributed by atoms with Crippen LogP contribution in [0.3, 0.4) is 0 Å². The molecule has 0 bridgehead atoms. The summed E-state index contributed by atoms with van der Waals surface area (Å²) < 4.78 is 0. The smallest absolute Gasteiger partial charge is 0.240 e. The predicted molar refractivity (Wildman–Crippen MR) is 171 cm³/mol. The third-order valence-electron chi connectivity index (χ3n) is 8.83. The molecule has 1 aliphatic heterocycles. The van der Waals surface area contributed by atoms with E-state index in [0.717, 1.165) is 27.4 Å². The number of H-pyrrole nitrogens is 2. The number of nitrogens with one attached hydrogen (secondary N) is 2. The van der Waals surface area contributed by atoms with Crippen molar-refractivity contribution in [3.05, 3.63) is 144 Å². The van der Waals surface area contributed by atoms with Gasteiger partial charge in [-0.2, -0.15) is 0 Å². The van der Waals surface area contributed by atoms with E-state index < -0.39 is 6.04 Å². The van der Waals surface area contributed by atoms with Gasteiger partial charge in [-0.05, 0) is 35.2 Å². The van der Waals surface area contributed by atoms with Crippen LogP contribution in [0.5, 0.6) is 0 Å². The highest BCUT2D eigenvalue weighted by molar-refractivity contribution is 6.09. The zero-order chi connectivity index (χ0) is 29.2. The largest absolute Gasteiger partial charge is 0.361 e. The van der Waals surface area contributed by atoms with Crippen molar-refractivity contribution in [2.45, 2.75) is 18.4 Å². The third-order valence-corrected chi connectivity index (χ3v) is 8.83. The van der Waals surface area contributed by atoms with E-state index in [-0.39, 0.29) is 24.2 Å². The number of para-hydroxylation sites is 2. The molecule has 6 aromatic rings. The van der Waals surface area contributed by atoms with Crippen LogP contribution in [-0.4, -0.2) is 63.7 Å². The summed E-state index contributed by atoms with van der Waals surface area (Å²) in [5.41, 5.74) is 6.12. The Kier molecular flexibility index (Phi) is 7.35. The summed E-state index contributed by atoms with van der Waals surface area (Å²) in [6.45, 7) is 1.97. The Morgan fingerprint density at radius 3 is 2.00 bits per heavy atom. The molecule has 1 saturated heterocycles. The molecule has 214 valence electrons. The monoisotopic (exact) mass is 566 g/mol. The molecule has 7 rings (SSSR count). The predicted octanol–water partition coefficient (Wildman–Crippen LogP) is 6.42. The van der Waals surface area contributed by atoms with E-state index in [9.17, 15) is 9.59 Å². The molecule has 0 unspecified atom stereocenters. The van der Waals surface area contributed by atoms with Crippen molar-refractivity contribution in [1.82, 2.24) is 19.8 Å². The number of carbonyl (C=O) groups is 2. The van der Waals surface area contributed by atoms with Gasteiger partial charge in [-0.1, -0.05) is 97.1 Å². The fraction of sp³-hybridized carbons (Fsp3) is 0.189. The first kappa shape index (κ1) is 26.9. The molecule has 1 aliphatic rings. The molecule has 1 fully saturated rings. The summed E-state index contributed by atoms with van der Waals surface area (Å²) in [7, 11) is 0. The zero-order valence-corrected chi connectivity index (χ0v) is 23.9. The van der Waals surface area contributed by atoms with E-state index in [1.165, 1.54) is 11.1 Å². The number of rotatable bonds is 9. The summed E-state index contributed by atoms with van der Waals surface area (Å²) in [4.78, 5) is 38.8. The number of Topliss-reactive ketones (excluding diaryl/α,β-unsaturated/α-hetero) is 1. The van der Waals surface area contributed by atoms with Gasteiger partial charge in [-0.25, -0.2) is 0 Å². The van der Waals surface area contributed by atoms with Gasteiger partial charge in [0.1, 0.15) is 0 Å². The van der Waals surface area contributed by atoms with E-state index in [1.807, 2.05) is 59.6 Å². The van der Waals surface area contributed by atoms with Crippen LogP contribution in [0.4, 0.5) is 0 Å². The average Bonchev–Trinajstić information content (AvgIpc) is 3.68. The SMILES string of the molecule is O=C(CN1CCN(CC(c2ccccc2)c2ccccc2)C(=O)[C@@H]1Cc1c[nH]c2ccccc12)c1c[nH]c2ccccc12. The minimum atomic E-state index is -0.450. The number of ketones is 1. The Labute approximate surface area is 251 Å². The van der Waals surface area contributed by atoms with Crippen molar-refractivity contribution in [2.75, 3.05) is 26.2 Å². The summed E-state index contributed by atoms with van der Waals surface area (Å²) in [5.74, 6) is 0.147. The number of fused-ring (bicyclic) bond motifs is 2. The number of piperazine rings is 1. The number of amides is 1. The molecule has 6 nitrogen and oxygen atoms in total. The number of aromatic amines is 2. The lowest BCUT2D eigenvalue weighted by atomic mass is 9.90.